The van der Waals surface area contributed by atoms with Gasteiger partial charge in [-0.1, -0.05) is 6.92 Å². The Labute approximate surface area is 117 Å². The summed E-state index contributed by atoms with van der Waals surface area (Å²) in [6.07, 6.45) is 2.64. The molecule has 6 heteroatoms. The molecule has 0 fully saturated rings. The van der Waals surface area contributed by atoms with Crippen LogP contribution in [0.2, 0.25) is 0 Å². The van der Waals surface area contributed by atoms with Crippen molar-refractivity contribution in [1.82, 2.24) is 9.78 Å². The standard InChI is InChI=1S/C12H22BrN3O2/c1-4-10(18-5-2)11(14)12-9(13)8-15-16(12)6-7-17-3/h8,10-11H,4-7,14H2,1-3H3. The molecule has 18 heavy (non-hydrogen) atoms. The maximum atomic E-state index is 6.30. The zero-order valence-corrected chi connectivity index (χ0v) is 12.8. The molecule has 0 saturated heterocycles. The third-order valence-electron chi connectivity index (χ3n) is 2.84. The van der Waals surface area contributed by atoms with Gasteiger partial charge in [-0.05, 0) is 29.3 Å². The van der Waals surface area contributed by atoms with E-state index in [1.54, 1.807) is 13.3 Å². The van der Waals surface area contributed by atoms with Crippen molar-refractivity contribution in [3.8, 4) is 0 Å². The smallest absolute Gasteiger partial charge is 0.0780 e. The minimum Gasteiger partial charge on any atom is -0.383 e. The Morgan fingerprint density at radius 2 is 2.22 bits per heavy atom. The first-order valence-electron chi connectivity index (χ1n) is 6.22. The van der Waals surface area contributed by atoms with E-state index in [4.69, 9.17) is 15.2 Å². The van der Waals surface area contributed by atoms with Crippen LogP contribution in [0.1, 0.15) is 32.0 Å². The Morgan fingerprint density at radius 1 is 1.50 bits per heavy atom. The molecule has 2 unspecified atom stereocenters. The van der Waals surface area contributed by atoms with Gasteiger partial charge in [0, 0.05) is 13.7 Å². The summed E-state index contributed by atoms with van der Waals surface area (Å²) in [6.45, 7) is 6.01. The van der Waals surface area contributed by atoms with Gasteiger partial charge in [0.2, 0.25) is 0 Å². The third-order valence-corrected chi connectivity index (χ3v) is 3.45. The molecule has 0 aromatic carbocycles. The fourth-order valence-corrected chi connectivity index (χ4v) is 2.49. The fourth-order valence-electron chi connectivity index (χ4n) is 1.92. The van der Waals surface area contributed by atoms with Gasteiger partial charge >= 0.3 is 0 Å². The maximum Gasteiger partial charge on any atom is 0.0780 e. The van der Waals surface area contributed by atoms with Gasteiger partial charge in [-0.15, -0.1) is 0 Å². The van der Waals surface area contributed by atoms with Crippen molar-refractivity contribution in [3.63, 3.8) is 0 Å². The molecule has 0 amide bonds. The van der Waals surface area contributed by atoms with Crippen LogP contribution in [-0.4, -0.2) is 36.2 Å². The molecule has 1 aromatic heterocycles. The van der Waals surface area contributed by atoms with E-state index in [0.29, 0.717) is 19.8 Å². The van der Waals surface area contributed by atoms with E-state index in [1.165, 1.54) is 0 Å². The van der Waals surface area contributed by atoms with Crippen molar-refractivity contribution in [2.24, 2.45) is 5.73 Å². The second-order valence-corrected chi connectivity index (χ2v) is 4.88. The van der Waals surface area contributed by atoms with Crippen molar-refractivity contribution in [2.45, 2.75) is 39.0 Å². The second kappa shape index (κ2) is 7.89. The lowest BCUT2D eigenvalue weighted by Gasteiger charge is -2.23. The number of hydrogen-bond acceptors (Lipinski definition) is 4. The molecule has 0 aliphatic rings. The first-order valence-corrected chi connectivity index (χ1v) is 7.02. The van der Waals surface area contributed by atoms with Crippen LogP contribution in [-0.2, 0) is 16.0 Å². The Kier molecular flexibility index (Phi) is 6.85. The highest BCUT2D eigenvalue weighted by Gasteiger charge is 2.24. The normalized spacial score (nSPS) is 14.7. The number of hydrogen-bond donors (Lipinski definition) is 1. The average Bonchev–Trinajstić information content (AvgIpc) is 2.73. The van der Waals surface area contributed by atoms with Gasteiger partial charge in [-0.3, -0.25) is 4.68 Å². The minimum atomic E-state index is -0.191. The molecular formula is C12H22BrN3O2. The fraction of sp³-hybridized carbons (Fsp3) is 0.750. The van der Waals surface area contributed by atoms with Crippen LogP contribution >= 0.6 is 15.9 Å². The van der Waals surface area contributed by atoms with E-state index in [0.717, 1.165) is 16.6 Å². The van der Waals surface area contributed by atoms with Crippen molar-refractivity contribution >= 4 is 15.9 Å². The summed E-state index contributed by atoms with van der Waals surface area (Å²) in [5, 5.41) is 4.31. The molecule has 1 heterocycles. The summed E-state index contributed by atoms with van der Waals surface area (Å²) in [5.74, 6) is 0. The molecule has 5 nitrogen and oxygen atoms in total. The number of rotatable bonds is 8. The molecule has 0 radical (unpaired) electrons. The van der Waals surface area contributed by atoms with E-state index in [9.17, 15) is 0 Å². The van der Waals surface area contributed by atoms with Gasteiger partial charge in [0.05, 0.1) is 41.7 Å². The van der Waals surface area contributed by atoms with Gasteiger partial charge < -0.3 is 15.2 Å². The number of ether oxygens (including phenoxy) is 2. The first kappa shape index (κ1) is 15.6. The first-order chi connectivity index (χ1) is 8.65. The number of aromatic nitrogens is 2. The Morgan fingerprint density at radius 3 is 2.78 bits per heavy atom. The molecule has 104 valence electrons. The van der Waals surface area contributed by atoms with Crippen molar-refractivity contribution < 1.29 is 9.47 Å². The van der Waals surface area contributed by atoms with E-state index < -0.39 is 0 Å². The zero-order chi connectivity index (χ0) is 13.5. The highest BCUT2D eigenvalue weighted by atomic mass is 79.9. The highest BCUT2D eigenvalue weighted by molar-refractivity contribution is 9.10. The van der Waals surface area contributed by atoms with Crippen LogP contribution in [0, 0.1) is 0 Å². The van der Waals surface area contributed by atoms with Gasteiger partial charge in [-0.25, -0.2) is 0 Å². The molecule has 2 atom stereocenters. The molecule has 2 N–H and O–H groups in total. The van der Waals surface area contributed by atoms with Crippen LogP contribution in [0.4, 0.5) is 0 Å². The topological polar surface area (TPSA) is 62.3 Å². The van der Waals surface area contributed by atoms with Gasteiger partial charge in [0.1, 0.15) is 0 Å². The van der Waals surface area contributed by atoms with E-state index in [2.05, 4.69) is 28.0 Å². The Bertz CT molecular complexity index is 357. The minimum absolute atomic E-state index is 0.00398. The lowest BCUT2D eigenvalue weighted by atomic mass is 10.1. The number of halogens is 1. The molecular weight excluding hydrogens is 298 g/mol. The van der Waals surface area contributed by atoms with Crippen molar-refractivity contribution in [1.29, 1.82) is 0 Å². The SMILES string of the molecule is CCOC(CC)C(N)c1c(Br)cnn1CCOC. The van der Waals surface area contributed by atoms with Crippen molar-refractivity contribution in [2.75, 3.05) is 20.3 Å². The number of nitrogens with zero attached hydrogens (tertiary/aromatic N) is 2. The largest absolute Gasteiger partial charge is 0.383 e. The predicted octanol–water partition coefficient (Wildman–Crippen LogP) is 2.11. The van der Waals surface area contributed by atoms with Crippen LogP contribution < -0.4 is 5.73 Å². The lowest BCUT2D eigenvalue weighted by molar-refractivity contribution is 0.0388. The zero-order valence-electron chi connectivity index (χ0n) is 11.2. The lowest BCUT2D eigenvalue weighted by Crippen LogP contribution is -2.31. The van der Waals surface area contributed by atoms with Gasteiger partial charge in [0.15, 0.2) is 0 Å². The van der Waals surface area contributed by atoms with Crippen LogP contribution in [0.25, 0.3) is 0 Å². The highest BCUT2D eigenvalue weighted by Crippen LogP contribution is 2.26. The summed E-state index contributed by atoms with van der Waals surface area (Å²) in [7, 11) is 1.67. The molecule has 0 spiro atoms. The average molecular weight is 320 g/mol. The van der Waals surface area contributed by atoms with Crippen LogP contribution in [0.15, 0.2) is 10.7 Å². The Balaban J connectivity index is 2.88. The monoisotopic (exact) mass is 319 g/mol. The van der Waals surface area contributed by atoms with E-state index >= 15 is 0 Å². The second-order valence-electron chi connectivity index (χ2n) is 4.02. The Hall–Kier alpha value is -0.430. The van der Waals surface area contributed by atoms with Crippen LogP contribution in [0.3, 0.4) is 0 Å². The van der Waals surface area contributed by atoms with E-state index in [-0.39, 0.29) is 12.1 Å². The summed E-state index contributed by atoms with van der Waals surface area (Å²) >= 11 is 3.50. The third kappa shape index (κ3) is 3.78. The quantitative estimate of drug-likeness (QED) is 0.797. The van der Waals surface area contributed by atoms with Gasteiger partial charge in [-0.2, -0.15) is 5.10 Å². The molecule has 0 saturated carbocycles. The summed E-state index contributed by atoms with van der Waals surface area (Å²) in [6, 6.07) is -0.191. The van der Waals surface area contributed by atoms with Crippen molar-refractivity contribution in [3.05, 3.63) is 16.4 Å². The number of nitrogens with two attached hydrogens (primary N) is 1. The molecule has 1 rings (SSSR count). The molecule has 0 aliphatic heterocycles. The molecule has 0 aliphatic carbocycles. The molecule has 1 aromatic rings. The summed E-state index contributed by atoms with van der Waals surface area (Å²) in [4.78, 5) is 0. The molecule has 0 bridgehead atoms. The predicted molar refractivity (Wildman–Crippen MR) is 74.4 cm³/mol. The van der Waals surface area contributed by atoms with Gasteiger partial charge in [0.25, 0.3) is 0 Å². The maximum absolute atomic E-state index is 6.30. The van der Waals surface area contributed by atoms with Crippen LogP contribution in [0.5, 0.6) is 0 Å². The van der Waals surface area contributed by atoms with E-state index in [1.807, 2.05) is 11.6 Å². The summed E-state index contributed by atoms with van der Waals surface area (Å²) in [5.41, 5.74) is 7.26. The number of methoxy groups -OCH3 is 1. The summed E-state index contributed by atoms with van der Waals surface area (Å²) < 4.78 is 13.5.